The first-order chi connectivity index (χ1) is 6.77. The minimum atomic E-state index is -1.92. The molecule has 78 valence electrons. The van der Waals surface area contributed by atoms with Gasteiger partial charge in [0.15, 0.2) is 0 Å². The van der Waals surface area contributed by atoms with E-state index in [2.05, 4.69) is 0 Å². The molecule has 3 nitrogen and oxygen atoms in total. The van der Waals surface area contributed by atoms with Crippen molar-refractivity contribution in [2.45, 2.75) is 13.0 Å². The highest BCUT2D eigenvalue weighted by Gasteiger charge is 2.16. The van der Waals surface area contributed by atoms with Crippen molar-refractivity contribution < 1.29 is 13.3 Å². The van der Waals surface area contributed by atoms with E-state index in [9.17, 15) is 0 Å². The van der Waals surface area contributed by atoms with E-state index in [4.69, 9.17) is 13.3 Å². The molecule has 1 rings (SSSR count). The smallest absolute Gasteiger partial charge is 0.379 e. The molecule has 0 N–H and O–H groups in total. The molecule has 0 saturated carbocycles. The number of hydrogen-bond acceptors (Lipinski definition) is 3. The van der Waals surface area contributed by atoms with Crippen LogP contribution in [0.15, 0.2) is 30.3 Å². The highest BCUT2D eigenvalue weighted by molar-refractivity contribution is 6.36. The first-order valence-electron chi connectivity index (χ1n) is 4.54. The molecule has 14 heavy (non-hydrogen) atoms. The van der Waals surface area contributed by atoms with Gasteiger partial charge in [0.1, 0.15) is 0 Å². The highest BCUT2D eigenvalue weighted by Crippen LogP contribution is 2.16. The largest absolute Gasteiger partial charge is 0.484 e. The molecule has 0 aliphatic carbocycles. The summed E-state index contributed by atoms with van der Waals surface area (Å²) in [5.74, 6) is 0. The summed E-state index contributed by atoms with van der Waals surface area (Å²) in [6, 6.07) is 10.0. The maximum absolute atomic E-state index is 5.63. The van der Waals surface area contributed by atoms with Crippen LogP contribution in [-0.2, 0) is 13.3 Å². The van der Waals surface area contributed by atoms with Crippen molar-refractivity contribution in [3.05, 3.63) is 35.9 Å². The van der Waals surface area contributed by atoms with Gasteiger partial charge in [0, 0.05) is 14.2 Å². The lowest BCUT2D eigenvalue weighted by molar-refractivity contribution is 0.0951. The van der Waals surface area contributed by atoms with Gasteiger partial charge in [0.2, 0.25) is 0 Å². The molecule has 0 heterocycles. The van der Waals surface area contributed by atoms with E-state index in [1.165, 1.54) is 0 Å². The summed E-state index contributed by atoms with van der Waals surface area (Å²) in [4.78, 5) is 0. The Labute approximate surface area is 86.6 Å². The lowest BCUT2D eigenvalue weighted by Crippen LogP contribution is -2.25. The van der Waals surface area contributed by atoms with Crippen molar-refractivity contribution in [2.24, 2.45) is 0 Å². The monoisotopic (exact) mass is 212 g/mol. The zero-order chi connectivity index (χ0) is 10.4. The minimum absolute atomic E-state index is 0.0211. The van der Waals surface area contributed by atoms with Gasteiger partial charge in [0.05, 0.1) is 6.10 Å². The third-order valence-electron chi connectivity index (χ3n) is 1.97. The fourth-order valence-electron chi connectivity index (χ4n) is 1.18. The van der Waals surface area contributed by atoms with Gasteiger partial charge < -0.3 is 13.3 Å². The van der Waals surface area contributed by atoms with E-state index in [1.54, 1.807) is 14.2 Å². The van der Waals surface area contributed by atoms with E-state index in [0.717, 1.165) is 5.56 Å². The van der Waals surface area contributed by atoms with Gasteiger partial charge in [-0.15, -0.1) is 0 Å². The zero-order valence-electron chi connectivity index (χ0n) is 8.77. The van der Waals surface area contributed by atoms with Gasteiger partial charge in [-0.05, 0) is 12.5 Å². The van der Waals surface area contributed by atoms with Gasteiger partial charge in [-0.25, -0.2) is 0 Å². The molecule has 0 aliphatic rings. The molecule has 0 fully saturated rings. The second kappa shape index (κ2) is 5.92. The molecule has 0 amide bonds. The molecular weight excluding hydrogens is 196 g/mol. The maximum atomic E-state index is 5.63. The van der Waals surface area contributed by atoms with Crippen molar-refractivity contribution in [3.63, 3.8) is 0 Å². The first kappa shape index (κ1) is 11.4. The maximum Gasteiger partial charge on any atom is 0.484 e. The molecule has 0 aliphatic heterocycles. The van der Waals surface area contributed by atoms with Crippen LogP contribution in [0.4, 0.5) is 0 Å². The third kappa shape index (κ3) is 3.23. The second-order valence-electron chi connectivity index (χ2n) is 2.95. The topological polar surface area (TPSA) is 27.7 Å². The Bertz CT molecular complexity index is 249. The molecule has 0 aromatic heterocycles. The second-order valence-corrected chi connectivity index (χ2v) is 4.74. The van der Waals surface area contributed by atoms with Crippen LogP contribution in [0.3, 0.4) is 0 Å². The molecule has 0 spiro atoms. The Morgan fingerprint density at radius 3 is 2.14 bits per heavy atom. The quantitative estimate of drug-likeness (QED) is 0.696. The Morgan fingerprint density at radius 1 is 1.07 bits per heavy atom. The fourth-order valence-corrected chi connectivity index (χ4v) is 2.08. The summed E-state index contributed by atoms with van der Waals surface area (Å²) in [5, 5.41) is 0. The van der Waals surface area contributed by atoms with Crippen LogP contribution in [-0.4, -0.2) is 23.7 Å². The number of rotatable bonds is 5. The molecule has 0 saturated heterocycles. The molecule has 1 unspecified atom stereocenters. The summed E-state index contributed by atoms with van der Waals surface area (Å²) in [5.41, 5.74) is 1.14. The van der Waals surface area contributed by atoms with E-state index in [0.29, 0.717) is 0 Å². The van der Waals surface area contributed by atoms with Gasteiger partial charge in [-0.1, -0.05) is 30.3 Å². The molecule has 1 atom stereocenters. The Hall–Kier alpha value is -0.683. The van der Waals surface area contributed by atoms with Crippen LogP contribution in [0.25, 0.3) is 0 Å². The fraction of sp³-hybridized carbons (Fsp3) is 0.400. The number of hydrogen-bond donors (Lipinski definition) is 0. The van der Waals surface area contributed by atoms with Crippen molar-refractivity contribution in [1.29, 1.82) is 0 Å². The summed E-state index contributed by atoms with van der Waals surface area (Å²) < 4.78 is 15.8. The summed E-state index contributed by atoms with van der Waals surface area (Å²) in [7, 11) is 1.30. The average Bonchev–Trinajstić information content (AvgIpc) is 2.26. The summed E-state index contributed by atoms with van der Waals surface area (Å²) >= 11 is 0. The van der Waals surface area contributed by atoms with E-state index in [-0.39, 0.29) is 6.10 Å². The van der Waals surface area contributed by atoms with Crippen LogP contribution in [0, 0.1) is 0 Å². The lowest BCUT2D eigenvalue weighted by Gasteiger charge is -2.18. The van der Waals surface area contributed by atoms with Crippen LogP contribution >= 0.6 is 0 Å². The molecule has 0 radical (unpaired) electrons. The van der Waals surface area contributed by atoms with E-state index < -0.39 is 9.53 Å². The van der Waals surface area contributed by atoms with Crippen molar-refractivity contribution in [1.82, 2.24) is 0 Å². The van der Waals surface area contributed by atoms with Gasteiger partial charge in [-0.2, -0.15) is 0 Å². The Morgan fingerprint density at radius 2 is 1.64 bits per heavy atom. The van der Waals surface area contributed by atoms with Gasteiger partial charge in [-0.3, -0.25) is 0 Å². The van der Waals surface area contributed by atoms with Crippen molar-refractivity contribution in [3.8, 4) is 0 Å². The molecule has 1 aromatic carbocycles. The van der Waals surface area contributed by atoms with Gasteiger partial charge in [0.25, 0.3) is 0 Å². The molecule has 0 bridgehead atoms. The molecule has 1 aromatic rings. The Kier molecular flexibility index (Phi) is 4.82. The Balaban J connectivity index is 2.54. The summed E-state index contributed by atoms with van der Waals surface area (Å²) in [6.45, 7) is 1.99. The first-order valence-corrected chi connectivity index (χ1v) is 5.95. The van der Waals surface area contributed by atoms with E-state index >= 15 is 0 Å². The summed E-state index contributed by atoms with van der Waals surface area (Å²) in [6.07, 6.45) is 0.0211. The SMILES string of the molecule is CO[SiH](OC)OC(C)c1ccccc1. The van der Waals surface area contributed by atoms with E-state index in [1.807, 2.05) is 37.3 Å². The zero-order valence-corrected chi connectivity index (χ0v) is 9.92. The van der Waals surface area contributed by atoms with Gasteiger partial charge >= 0.3 is 9.53 Å². The predicted molar refractivity (Wildman–Crippen MR) is 57.1 cm³/mol. The van der Waals surface area contributed by atoms with Crippen molar-refractivity contribution in [2.75, 3.05) is 14.2 Å². The van der Waals surface area contributed by atoms with Crippen LogP contribution in [0.5, 0.6) is 0 Å². The van der Waals surface area contributed by atoms with Crippen LogP contribution in [0.2, 0.25) is 0 Å². The minimum Gasteiger partial charge on any atom is -0.379 e. The normalized spacial score (nSPS) is 13.1. The standard InChI is InChI=1S/C10H16O3Si/c1-9(13-14(11-2)12-3)10-7-5-4-6-8-10/h4-9,14H,1-3H3. The number of benzene rings is 1. The predicted octanol–water partition coefficient (Wildman–Crippen LogP) is 1.77. The van der Waals surface area contributed by atoms with Crippen LogP contribution < -0.4 is 0 Å². The molecular formula is C10H16O3Si. The molecule has 4 heteroatoms. The van der Waals surface area contributed by atoms with Crippen LogP contribution in [0.1, 0.15) is 18.6 Å². The third-order valence-corrected chi connectivity index (χ3v) is 3.37. The lowest BCUT2D eigenvalue weighted by atomic mass is 10.1. The highest BCUT2D eigenvalue weighted by atomic mass is 28.3. The average molecular weight is 212 g/mol. The van der Waals surface area contributed by atoms with Crippen molar-refractivity contribution >= 4 is 9.53 Å².